The van der Waals surface area contributed by atoms with Crippen LogP contribution in [0.3, 0.4) is 0 Å². The number of nitrogens with one attached hydrogen (secondary N) is 2. The number of benzene rings is 5. The van der Waals surface area contributed by atoms with Gasteiger partial charge in [0.25, 0.3) is 5.91 Å². The number of anilines is 1. The van der Waals surface area contributed by atoms with E-state index < -0.39 is 11.9 Å². The van der Waals surface area contributed by atoms with Gasteiger partial charge >= 0.3 is 5.97 Å². The van der Waals surface area contributed by atoms with Gasteiger partial charge < -0.3 is 19.9 Å². The van der Waals surface area contributed by atoms with Crippen LogP contribution in [0.25, 0.3) is 10.8 Å². The van der Waals surface area contributed by atoms with Crippen LogP contribution in [-0.4, -0.2) is 29.1 Å². The molecule has 1 fully saturated rings. The van der Waals surface area contributed by atoms with E-state index in [0.717, 1.165) is 42.2 Å². The molecule has 0 spiro atoms. The molecule has 5 aromatic carbocycles. The number of aromatic carboxylic acids is 1. The van der Waals surface area contributed by atoms with Crippen LogP contribution >= 0.6 is 11.9 Å². The van der Waals surface area contributed by atoms with Crippen LogP contribution in [-0.2, 0) is 0 Å². The number of fused-ring (bicyclic) bond motifs is 1. The van der Waals surface area contributed by atoms with Crippen molar-refractivity contribution in [2.24, 2.45) is 0 Å². The molecule has 5 aromatic rings. The molecule has 0 bridgehead atoms. The summed E-state index contributed by atoms with van der Waals surface area (Å²) in [7, 11) is 0. The first-order valence-corrected chi connectivity index (χ1v) is 16.2. The molecule has 3 N–H and O–H groups in total. The minimum Gasteiger partial charge on any atom is -0.490 e. The molecule has 0 aromatic heterocycles. The largest absolute Gasteiger partial charge is 0.490 e. The number of carbonyl (C=O) groups is 2. The van der Waals surface area contributed by atoms with Crippen LogP contribution in [0, 0.1) is 13.8 Å². The number of hydrogen-bond donors (Lipinski definition) is 3. The minimum atomic E-state index is -1.10. The quantitative estimate of drug-likeness (QED) is 0.132. The van der Waals surface area contributed by atoms with Crippen molar-refractivity contribution in [1.82, 2.24) is 4.72 Å². The van der Waals surface area contributed by atoms with Crippen LogP contribution in [0.4, 0.5) is 5.69 Å². The van der Waals surface area contributed by atoms with Crippen molar-refractivity contribution >= 4 is 40.3 Å². The van der Waals surface area contributed by atoms with E-state index >= 15 is 0 Å². The highest BCUT2D eigenvalue weighted by molar-refractivity contribution is 7.97. The van der Waals surface area contributed by atoms with E-state index in [0.29, 0.717) is 23.1 Å². The maximum absolute atomic E-state index is 12.7. The van der Waals surface area contributed by atoms with E-state index in [-0.39, 0.29) is 17.4 Å². The Labute approximate surface area is 273 Å². The van der Waals surface area contributed by atoms with Crippen LogP contribution in [0.15, 0.2) is 108 Å². The summed E-state index contributed by atoms with van der Waals surface area (Å²) in [4.78, 5) is 25.4. The second kappa shape index (κ2) is 14.1. The SMILES string of the molecule is Cc1ccc(C)c(SNC2CCC(Oc3ccc4cc(Oc5ccc(C(=O)Nc6ccccc6C(=O)O)cc5)ccc4c3)CC2)c1. The third-order valence-corrected chi connectivity index (χ3v) is 9.31. The molecule has 0 unspecified atom stereocenters. The second-order valence-corrected chi connectivity index (χ2v) is 12.6. The van der Waals surface area contributed by atoms with Gasteiger partial charge in [0.15, 0.2) is 0 Å². The van der Waals surface area contributed by atoms with Crippen molar-refractivity contribution in [3.8, 4) is 17.2 Å². The molecule has 46 heavy (non-hydrogen) atoms. The van der Waals surface area contributed by atoms with E-state index in [1.807, 2.05) is 30.3 Å². The highest BCUT2D eigenvalue weighted by atomic mass is 32.2. The Bertz CT molecular complexity index is 1870. The Morgan fingerprint density at radius 1 is 0.761 bits per heavy atom. The lowest BCUT2D eigenvalue weighted by Crippen LogP contribution is -2.33. The van der Waals surface area contributed by atoms with Crippen molar-refractivity contribution in [1.29, 1.82) is 0 Å². The Balaban J connectivity index is 1.01. The first-order chi connectivity index (χ1) is 22.3. The highest BCUT2D eigenvalue weighted by Gasteiger charge is 2.23. The van der Waals surface area contributed by atoms with Gasteiger partial charge in [0, 0.05) is 16.5 Å². The van der Waals surface area contributed by atoms with Crippen LogP contribution in [0.1, 0.15) is 57.5 Å². The molecule has 1 amide bonds. The van der Waals surface area contributed by atoms with E-state index in [1.165, 1.54) is 22.1 Å². The zero-order chi connectivity index (χ0) is 32.0. The Hall–Kier alpha value is -4.79. The summed E-state index contributed by atoms with van der Waals surface area (Å²) in [6, 6.07) is 32.1. The second-order valence-electron chi connectivity index (χ2n) is 11.7. The lowest BCUT2D eigenvalue weighted by Gasteiger charge is -2.29. The molecular formula is C38H36N2O5S. The molecule has 6 rings (SSSR count). The van der Waals surface area contributed by atoms with Crippen molar-refractivity contribution < 1.29 is 24.2 Å². The average Bonchev–Trinajstić information content (AvgIpc) is 3.06. The maximum atomic E-state index is 12.7. The van der Waals surface area contributed by atoms with Crippen molar-refractivity contribution in [3.63, 3.8) is 0 Å². The number of hydrogen-bond acceptors (Lipinski definition) is 6. The number of rotatable bonds is 10. The van der Waals surface area contributed by atoms with Gasteiger partial charge in [0.2, 0.25) is 0 Å². The minimum absolute atomic E-state index is 0.0324. The molecule has 234 valence electrons. The predicted octanol–water partition coefficient (Wildman–Crippen LogP) is 9.19. The summed E-state index contributed by atoms with van der Waals surface area (Å²) in [5.41, 5.74) is 3.25. The van der Waals surface area contributed by atoms with E-state index in [1.54, 1.807) is 54.4 Å². The maximum Gasteiger partial charge on any atom is 0.337 e. The predicted molar refractivity (Wildman–Crippen MR) is 183 cm³/mol. The van der Waals surface area contributed by atoms with Gasteiger partial charge in [0.1, 0.15) is 17.2 Å². The molecule has 1 saturated carbocycles. The molecule has 0 aliphatic heterocycles. The molecule has 7 nitrogen and oxygen atoms in total. The van der Waals surface area contributed by atoms with E-state index in [9.17, 15) is 14.7 Å². The smallest absolute Gasteiger partial charge is 0.337 e. The summed E-state index contributed by atoms with van der Waals surface area (Å²) >= 11 is 1.75. The lowest BCUT2D eigenvalue weighted by atomic mass is 9.93. The van der Waals surface area contributed by atoms with E-state index in [2.05, 4.69) is 48.2 Å². The summed E-state index contributed by atoms with van der Waals surface area (Å²) in [5.74, 6) is 0.634. The number of aryl methyl sites for hydroxylation is 2. The van der Waals surface area contributed by atoms with Gasteiger partial charge in [-0.2, -0.15) is 0 Å². The molecule has 0 radical (unpaired) electrons. The van der Waals surface area contributed by atoms with Crippen LogP contribution in [0.5, 0.6) is 17.2 Å². The number of carboxylic acid groups (broad SMARTS) is 1. The fraction of sp³-hybridized carbons (Fsp3) is 0.211. The molecule has 1 aliphatic carbocycles. The molecule has 8 heteroatoms. The molecule has 0 saturated heterocycles. The van der Waals surface area contributed by atoms with Gasteiger partial charge in [0.05, 0.1) is 17.4 Å². The Morgan fingerprint density at radius 3 is 2.17 bits per heavy atom. The van der Waals surface area contributed by atoms with Crippen molar-refractivity contribution in [2.45, 2.75) is 56.6 Å². The third kappa shape index (κ3) is 7.70. The van der Waals surface area contributed by atoms with Gasteiger partial charge in [-0.15, -0.1) is 0 Å². The van der Waals surface area contributed by atoms with Gasteiger partial charge in [-0.25, -0.2) is 4.79 Å². The molecule has 0 heterocycles. The normalized spacial score (nSPS) is 16.1. The van der Waals surface area contributed by atoms with Crippen LogP contribution in [0.2, 0.25) is 0 Å². The Morgan fingerprint density at radius 2 is 1.43 bits per heavy atom. The fourth-order valence-corrected chi connectivity index (χ4v) is 6.58. The highest BCUT2D eigenvalue weighted by Crippen LogP contribution is 2.31. The molecular weight excluding hydrogens is 596 g/mol. The fourth-order valence-electron chi connectivity index (χ4n) is 5.58. The number of para-hydroxylation sites is 1. The number of amides is 1. The summed E-state index contributed by atoms with van der Waals surface area (Å²) in [6.07, 6.45) is 4.42. The monoisotopic (exact) mass is 632 g/mol. The van der Waals surface area contributed by atoms with Crippen LogP contribution < -0.4 is 19.5 Å². The zero-order valence-corrected chi connectivity index (χ0v) is 26.6. The summed E-state index contributed by atoms with van der Waals surface area (Å²) in [5, 5.41) is 14.1. The van der Waals surface area contributed by atoms with E-state index in [4.69, 9.17) is 9.47 Å². The average molecular weight is 633 g/mol. The van der Waals surface area contributed by atoms with Gasteiger partial charge in [-0.3, -0.25) is 9.52 Å². The Kier molecular flexibility index (Phi) is 9.57. The topological polar surface area (TPSA) is 96.9 Å². The van der Waals surface area contributed by atoms with Crippen molar-refractivity contribution in [2.75, 3.05) is 5.32 Å². The number of carboxylic acids is 1. The summed E-state index contributed by atoms with van der Waals surface area (Å²) < 4.78 is 16.1. The molecule has 1 aliphatic rings. The lowest BCUT2D eigenvalue weighted by molar-refractivity contribution is 0.0698. The number of ether oxygens (including phenoxy) is 2. The van der Waals surface area contributed by atoms with Gasteiger partial charge in [-0.1, -0.05) is 36.4 Å². The number of carbonyl (C=O) groups excluding carboxylic acids is 1. The summed E-state index contributed by atoms with van der Waals surface area (Å²) in [6.45, 7) is 4.29. The van der Waals surface area contributed by atoms with Crippen molar-refractivity contribution in [3.05, 3.63) is 125 Å². The zero-order valence-electron chi connectivity index (χ0n) is 25.8. The molecule has 0 atom stereocenters. The first kappa shape index (κ1) is 31.2. The standard InChI is InChI=1S/C38H36N2O5S/c1-24-7-8-25(2)36(21-24)46-40-29-13-19-31(20-14-29)45-33-18-12-27-22-32(17-11-28(27)23-33)44-30-15-9-26(10-16-30)37(41)39-35-6-4-3-5-34(35)38(42)43/h3-12,15-18,21-23,29,31,40H,13-14,19-20H2,1-2H3,(H,39,41)(H,42,43). The third-order valence-electron chi connectivity index (χ3n) is 8.20. The first-order valence-electron chi connectivity index (χ1n) is 15.4. The van der Waals surface area contributed by atoms with Gasteiger partial charge in [-0.05, 0) is 140 Å².